The fraction of sp³-hybridized carbons (Fsp3) is 0.100. The first-order valence-corrected chi connectivity index (χ1v) is 17.8. The van der Waals surface area contributed by atoms with Crippen LogP contribution in [-0.2, 0) is 0 Å². The van der Waals surface area contributed by atoms with Gasteiger partial charge in [-0.2, -0.15) is 0 Å². The fourth-order valence-electron chi connectivity index (χ4n) is 6.52. The van der Waals surface area contributed by atoms with E-state index in [4.69, 9.17) is 14.7 Å². The van der Waals surface area contributed by atoms with Crippen LogP contribution in [0, 0.1) is 0 Å². The molecular weight excluding hydrogens is 570 g/mol. The quantitative estimate of drug-likeness (QED) is 0.0796. The summed E-state index contributed by atoms with van der Waals surface area (Å²) in [5, 5.41) is 29.2. The van der Waals surface area contributed by atoms with E-state index in [0.29, 0.717) is 5.75 Å². The SMILES string of the molecule is CCCC[PH](c1ccccc1)(c1ccccc1)c1ccccc1.OB(O)Oc1cccc2ccc3cc4ccccc4cc3c12. The van der Waals surface area contributed by atoms with E-state index < -0.39 is 14.6 Å². The van der Waals surface area contributed by atoms with E-state index >= 15 is 0 Å². The molecule has 0 aliphatic heterocycles. The number of benzene rings is 7. The maximum Gasteiger partial charge on any atom is 0.707 e. The molecule has 2 N–H and O–H groups in total. The number of rotatable bonds is 8. The molecule has 0 heterocycles. The van der Waals surface area contributed by atoms with E-state index in [1.54, 1.807) is 6.07 Å². The molecule has 0 amide bonds. The van der Waals surface area contributed by atoms with E-state index in [0.717, 1.165) is 26.9 Å². The van der Waals surface area contributed by atoms with Crippen molar-refractivity contribution in [2.24, 2.45) is 0 Å². The molecule has 5 heteroatoms. The summed E-state index contributed by atoms with van der Waals surface area (Å²) >= 11 is 0. The van der Waals surface area contributed by atoms with Gasteiger partial charge in [-0.3, -0.25) is 0 Å². The molecule has 0 bridgehead atoms. The Kier molecular flexibility index (Phi) is 9.57. The zero-order valence-corrected chi connectivity index (χ0v) is 26.5. The maximum absolute atomic E-state index is 9.14. The van der Waals surface area contributed by atoms with Crippen molar-refractivity contribution in [2.75, 3.05) is 6.16 Å². The Balaban J connectivity index is 0.000000159. The summed E-state index contributed by atoms with van der Waals surface area (Å²) in [4.78, 5) is 0. The van der Waals surface area contributed by atoms with Crippen LogP contribution in [-0.4, -0.2) is 23.5 Å². The van der Waals surface area contributed by atoms with Gasteiger partial charge in [0.2, 0.25) is 0 Å². The van der Waals surface area contributed by atoms with Crippen LogP contribution in [0.4, 0.5) is 0 Å². The van der Waals surface area contributed by atoms with Crippen LogP contribution in [0.2, 0.25) is 0 Å². The van der Waals surface area contributed by atoms with Gasteiger partial charge in [-0.1, -0.05) is 48.5 Å². The summed E-state index contributed by atoms with van der Waals surface area (Å²) < 4.78 is 5.16. The van der Waals surface area contributed by atoms with Crippen molar-refractivity contribution in [1.82, 2.24) is 0 Å². The molecule has 0 fully saturated rings. The predicted octanol–water partition coefficient (Wildman–Crippen LogP) is 8.01. The van der Waals surface area contributed by atoms with Crippen molar-refractivity contribution in [2.45, 2.75) is 19.8 Å². The topological polar surface area (TPSA) is 49.7 Å². The first-order chi connectivity index (χ1) is 22.1. The molecule has 45 heavy (non-hydrogen) atoms. The third-order valence-corrected chi connectivity index (χ3v) is 13.7. The predicted molar refractivity (Wildman–Crippen MR) is 196 cm³/mol. The number of hydrogen-bond donors (Lipinski definition) is 2. The van der Waals surface area contributed by atoms with E-state index in [2.05, 4.69) is 128 Å². The normalized spacial score (nSPS) is 11.6. The largest absolute Gasteiger partial charge is 0.707 e. The Morgan fingerprint density at radius 1 is 0.533 bits per heavy atom. The van der Waals surface area contributed by atoms with Crippen LogP contribution in [0.5, 0.6) is 5.75 Å². The first-order valence-electron chi connectivity index (χ1n) is 15.6. The Morgan fingerprint density at radius 2 is 1.02 bits per heavy atom. The summed E-state index contributed by atoms with van der Waals surface area (Å²) in [7, 11) is -3.78. The molecule has 224 valence electrons. The summed E-state index contributed by atoms with van der Waals surface area (Å²) in [5.74, 6) is 0.466. The average Bonchev–Trinajstić information content (AvgIpc) is 3.09. The zero-order chi connectivity index (χ0) is 31.1. The standard InChI is InChI=1S/C22H25P.C18H13BO3/c1-2-3-19-23(20-13-7-4-8-14-20,21-15-9-5-10-16-21)22-17-11-6-12-18-22;20-19(21)22-17-7-3-6-12-8-9-15-10-13-4-1-2-5-14(13)11-16(15)18(12)17/h4-18,23H,2-3,19H2,1H3;1-11,20-21H. The molecule has 0 aromatic heterocycles. The van der Waals surface area contributed by atoms with Gasteiger partial charge in [-0.15, -0.1) is 0 Å². The molecule has 7 aromatic carbocycles. The van der Waals surface area contributed by atoms with E-state index in [1.807, 2.05) is 30.3 Å². The van der Waals surface area contributed by atoms with Gasteiger partial charge in [0.25, 0.3) is 0 Å². The summed E-state index contributed by atoms with van der Waals surface area (Å²) in [6, 6.07) is 55.6. The second kappa shape index (κ2) is 14.1. The van der Waals surface area contributed by atoms with Gasteiger partial charge in [0.05, 0.1) is 0 Å². The first kappa shape index (κ1) is 30.6. The smallest absolute Gasteiger partial charge is 0.511 e. The van der Waals surface area contributed by atoms with Crippen molar-refractivity contribution >= 4 is 62.8 Å². The van der Waals surface area contributed by atoms with Crippen LogP contribution >= 0.6 is 7.26 Å². The van der Waals surface area contributed by atoms with Gasteiger partial charge >= 0.3 is 147 Å². The molecule has 0 atom stereocenters. The molecule has 3 nitrogen and oxygen atoms in total. The minimum absolute atomic E-state index is 0.466. The molecule has 7 rings (SSSR count). The Bertz CT molecular complexity index is 1900. The summed E-state index contributed by atoms with van der Waals surface area (Å²) in [6.07, 6.45) is 3.77. The third-order valence-electron chi connectivity index (χ3n) is 8.63. The van der Waals surface area contributed by atoms with Gasteiger partial charge in [0.15, 0.2) is 0 Å². The van der Waals surface area contributed by atoms with Crippen molar-refractivity contribution < 1.29 is 14.7 Å². The molecular formula is C40H38BO3P. The molecule has 0 unspecified atom stereocenters. The summed E-state index contributed by atoms with van der Waals surface area (Å²) in [6.45, 7) is 2.29. The van der Waals surface area contributed by atoms with Gasteiger partial charge in [-0.05, 0) is 45.1 Å². The molecule has 0 saturated heterocycles. The van der Waals surface area contributed by atoms with Crippen LogP contribution < -0.4 is 20.6 Å². The minimum Gasteiger partial charge on any atom is -0.511 e. The third kappa shape index (κ3) is 6.50. The average molecular weight is 609 g/mol. The van der Waals surface area contributed by atoms with Gasteiger partial charge in [0, 0.05) is 5.39 Å². The van der Waals surface area contributed by atoms with Crippen LogP contribution in [0.3, 0.4) is 0 Å². The van der Waals surface area contributed by atoms with Gasteiger partial charge in [0.1, 0.15) is 5.75 Å². The second-order valence-corrected chi connectivity index (χ2v) is 15.4. The maximum atomic E-state index is 9.14. The van der Waals surface area contributed by atoms with E-state index in [9.17, 15) is 0 Å². The van der Waals surface area contributed by atoms with Crippen LogP contribution in [0.25, 0.3) is 32.3 Å². The zero-order valence-electron chi connectivity index (χ0n) is 25.5. The van der Waals surface area contributed by atoms with Crippen molar-refractivity contribution in [1.29, 1.82) is 0 Å². The fourth-order valence-corrected chi connectivity index (χ4v) is 11.6. The minimum atomic E-state index is -1.94. The second-order valence-electron chi connectivity index (χ2n) is 11.4. The van der Waals surface area contributed by atoms with Gasteiger partial charge < -0.3 is 14.7 Å². The molecule has 0 spiro atoms. The Labute approximate surface area is 266 Å². The van der Waals surface area contributed by atoms with Gasteiger partial charge in [-0.25, -0.2) is 0 Å². The number of fused-ring (bicyclic) bond motifs is 4. The Hall–Kier alpha value is -4.47. The molecule has 0 aliphatic rings. The van der Waals surface area contributed by atoms with Crippen LogP contribution in [0.15, 0.2) is 158 Å². The Morgan fingerprint density at radius 3 is 1.56 bits per heavy atom. The van der Waals surface area contributed by atoms with Crippen LogP contribution in [0.1, 0.15) is 19.8 Å². The molecule has 0 radical (unpaired) electrons. The molecule has 7 aromatic rings. The summed E-state index contributed by atoms with van der Waals surface area (Å²) in [5.41, 5.74) is 0. The van der Waals surface area contributed by atoms with E-state index in [1.165, 1.54) is 40.3 Å². The monoisotopic (exact) mass is 608 g/mol. The van der Waals surface area contributed by atoms with Crippen molar-refractivity contribution in [3.63, 3.8) is 0 Å². The van der Waals surface area contributed by atoms with Crippen molar-refractivity contribution in [3.05, 3.63) is 158 Å². The number of unbranched alkanes of at least 4 members (excludes halogenated alkanes) is 1. The number of hydrogen-bond acceptors (Lipinski definition) is 3. The van der Waals surface area contributed by atoms with Crippen molar-refractivity contribution in [3.8, 4) is 5.75 Å². The molecule has 0 saturated carbocycles. The van der Waals surface area contributed by atoms with E-state index in [-0.39, 0.29) is 0 Å². The molecule has 0 aliphatic carbocycles.